The Morgan fingerprint density at radius 3 is 2.62 bits per heavy atom. The average Bonchev–Trinajstić information content (AvgIpc) is 3.34. The van der Waals surface area contributed by atoms with E-state index in [0.29, 0.717) is 17.7 Å². The van der Waals surface area contributed by atoms with E-state index in [0.717, 1.165) is 70.5 Å². The first kappa shape index (κ1) is 28.9. The van der Waals surface area contributed by atoms with Gasteiger partial charge in [0.25, 0.3) is 0 Å². The van der Waals surface area contributed by atoms with E-state index in [-0.39, 0.29) is 0 Å². The number of benzene rings is 1. The van der Waals surface area contributed by atoms with E-state index in [1.807, 2.05) is 67.8 Å². The molecule has 4 rings (SSSR count). The molecule has 200 valence electrons. The standard InChI is InChI=1S/C23H29N5OS2.C4H9NO/c1-14(2)31-20-8-6-5-7-16(20)25-22-21-17(11-12-30-21)26-23(28-22)27-18-13-15(24-3)9-10-19(18)29-4;1-5(2)3-4-6/h7-10,13-14,24H,5-6,11-12H2,1-4H3,(H2,25,26,27,28);4H,3H2,1-2H3. The van der Waals surface area contributed by atoms with Crippen LogP contribution in [0.15, 0.2) is 45.8 Å². The number of methoxy groups -OCH3 is 1. The molecular formula is C27H38N6O2S2. The molecule has 0 unspecified atom stereocenters. The summed E-state index contributed by atoms with van der Waals surface area (Å²) in [6, 6.07) is 5.91. The SMILES string of the molecule is CN(C)CC=O.CNc1ccc(OC)c(Nc2nc3c(c(NC4=CCCC=C4SC(C)C)n2)SCC3)c1. The van der Waals surface area contributed by atoms with Gasteiger partial charge >= 0.3 is 0 Å². The molecular weight excluding hydrogens is 504 g/mol. The van der Waals surface area contributed by atoms with Gasteiger partial charge in [-0.05, 0) is 45.1 Å². The molecule has 10 heteroatoms. The zero-order valence-electron chi connectivity index (χ0n) is 22.6. The fraction of sp³-hybridized carbons (Fsp3) is 0.444. The third-order valence-electron chi connectivity index (χ3n) is 5.42. The number of allylic oxidation sites excluding steroid dienone is 2. The number of nitrogens with zero attached hydrogens (tertiary/aromatic N) is 3. The van der Waals surface area contributed by atoms with Crippen molar-refractivity contribution in [3.05, 3.63) is 46.6 Å². The van der Waals surface area contributed by atoms with Crippen LogP contribution < -0.4 is 20.7 Å². The summed E-state index contributed by atoms with van der Waals surface area (Å²) < 4.78 is 5.53. The van der Waals surface area contributed by atoms with Crippen LogP contribution in [0.2, 0.25) is 0 Å². The average molecular weight is 543 g/mol. The monoisotopic (exact) mass is 542 g/mol. The topological polar surface area (TPSA) is 91.4 Å². The number of thioether (sulfide) groups is 2. The van der Waals surface area contributed by atoms with Crippen molar-refractivity contribution in [3.8, 4) is 5.75 Å². The van der Waals surface area contributed by atoms with E-state index in [9.17, 15) is 4.79 Å². The molecule has 0 fully saturated rings. The van der Waals surface area contributed by atoms with Crippen LogP contribution in [-0.4, -0.2) is 67.0 Å². The van der Waals surface area contributed by atoms with Crippen LogP contribution in [0, 0.1) is 0 Å². The Balaban J connectivity index is 0.000000568. The third-order valence-corrected chi connectivity index (χ3v) is 7.66. The first-order chi connectivity index (χ1) is 17.8. The predicted octanol–water partition coefficient (Wildman–Crippen LogP) is 5.78. The molecule has 0 spiro atoms. The van der Waals surface area contributed by atoms with Crippen molar-refractivity contribution in [2.24, 2.45) is 0 Å². The summed E-state index contributed by atoms with van der Waals surface area (Å²) in [5, 5.41) is 10.7. The number of rotatable bonds is 10. The molecule has 1 aliphatic carbocycles. The third kappa shape index (κ3) is 8.41. The maximum absolute atomic E-state index is 9.57. The number of nitrogens with one attached hydrogen (secondary N) is 3. The van der Waals surface area contributed by atoms with Gasteiger partial charge in [0, 0.05) is 40.8 Å². The fourth-order valence-corrected chi connectivity index (χ4v) is 5.73. The molecule has 0 atom stereocenters. The normalized spacial score (nSPS) is 14.3. The first-order valence-corrected chi connectivity index (χ1v) is 14.3. The van der Waals surface area contributed by atoms with Crippen LogP contribution in [-0.2, 0) is 11.2 Å². The Morgan fingerprint density at radius 1 is 1.19 bits per heavy atom. The van der Waals surface area contributed by atoms with Crippen LogP contribution in [0.25, 0.3) is 0 Å². The fourth-order valence-electron chi connectivity index (χ4n) is 3.70. The number of fused-ring (bicyclic) bond motifs is 1. The lowest BCUT2D eigenvalue weighted by atomic mass is 10.1. The van der Waals surface area contributed by atoms with Gasteiger partial charge in [0.05, 0.1) is 29.9 Å². The van der Waals surface area contributed by atoms with Crippen molar-refractivity contribution in [1.82, 2.24) is 14.9 Å². The zero-order chi connectivity index (χ0) is 26.8. The molecule has 0 amide bonds. The Kier molecular flexibility index (Phi) is 11.2. The lowest BCUT2D eigenvalue weighted by molar-refractivity contribution is -0.108. The molecule has 0 saturated carbocycles. The maximum atomic E-state index is 9.57. The van der Waals surface area contributed by atoms with Gasteiger partial charge < -0.3 is 30.4 Å². The summed E-state index contributed by atoms with van der Waals surface area (Å²) in [4.78, 5) is 23.5. The van der Waals surface area contributed by atoms with Crippen molar-refractivity contribution in [3.63, 3.8) is 0 Å². The van der Waals surface area contributed by atoms with Crippen LogP contribution in [0.5, 0.6) is 5.75 Å². The van der Waals surface area contributed by atoms with Gasteiger partial charge in [-0.3, -0.25) is 0 Å². The number of aromatic nitrogens is 2. The Hall–Kier alpha value is -2.69. The number of anilines is 4. The summed E-state index contributed by atoms with van der Waals surface area (Å²) in [6.07, 6.45) is 8.57. The van der Waals surface area contributed by atoms with Crippen molar-refractivity contribution in [1.29, 1.82) is 0 Å². The van der Waals surface area contributed by atoms with Gasteiger partial charge in [-0.1, -0.05) is 26.0 Å². The summed E-state index contributed by atoms with van der Waals surface area (Å²) >= 11 is 3.72. The van der Waals surface area contributed by atoms with Gasteiger partial charge in [0.15, 0.2) is 0 Å². The highest BCUT2D eigenvalue weighted by atomic mass is 32.2. The first-order valence-electron chi connectivity index (χ1n) is 12.4. The Labute approximate surface area is 229 Å². The largest absolute Gasteiger partial charge is 0.495 e. The number of likely N-dealkylation sites (N-methyl/N-ethyl adjacent to an activating group) is 1. The van der Waals surface area contributed by atoms with Crippen LogP contribution in [0.1, 0.15) is 32.4 Å². The summed E-state index contributed by atoms with van der Waals surface area (Å²) in [7, 11) is 7.28. The summed E-state index contributed by atoms with van der Waals surface area (Å²) in [5.74, 6) is 3.24. The minimum atomic E-state index is 0.528. The molecule has 2 aliphatic rings. The van der Waals surface area contributed by atoms with Gasteiger partial charge in [-0.15, -0.1) is 23.5 Å². The molecule has 0 saturated heterocycles. The molecule has 37 heavy (non-hydrogen) atoms. The number of hydrogen-bond donors (Lipinski definition) is 3. The Bertz CT molecular complexity index is 1130. The second-order valence-electron chi connectivity index (χ2n) is 9.04. The minimum Gasteiger partial charge on any atom is -0.495 e. The molecule has 8 nitrogen and oxygen atoms in total. The van der Waals surface area contributed by atoms with E-state index in [2.05, 4.69) is 41.9 Å². The highest BCUT2D eigenvalue weighted by Gasteiger charge is 2.23. The number of carbonyl (C=O) groups excluding carboxylic acids is 1. The van der Waals surface area contributed by atoms with Crippen molar-refractivity contribution in [2.45, 2.75) is 43.3 Å². The highest BCUT2D eigenvalue weighted by Crippen LogP contribution is 2.40. The van der Waals surface area contributed by atoms with Crippen LogP contribution in [0.3, 0.4) is 0 Å². The molecule has 2 aromatic rings. The van der Waals surface area contributed by atoms with Crippen molar-refractivity contribution >= 4 is 53.0 Å². The van der Waals surface area contributed by atoms with Gasteiger partial charge in [0.2, 0.25) is 5.95 Å². The lowest BCUT2D eigenvalue weighted by Crippen LogP contribution is -2.13. The molecule has 1 aliphatic heterocycles. The number of ether oxygens (including phenoxy) is 1. The predicted molar refractivity (Wildman–Crippen MR) is 159 cm³/mol. The lowest BCUT2D eigenvalue weighted by Gasteiger charge is -2.20. The minimum absolute atomic E-state index is 0.528. The van der Waals surface area contributed by atoms with Crippen LogP contribution >= 0.6 is 23.5 Å². The smallest absolute Gasteiger partial charge is 0.229 e. The molecule has 1 aromatic heterocycles. The van der Waals surface area contributed by atoms with E-state index in [1.165, 1.54) is 4.91 Å². The maximum Gasteiger partial charge on any atom is 0.229 e. The second-order valence-corrected chi connectivity index (χ2v) is 11.8. The number of carbonyl (C=O) groups is 1. The van der Waals surface area contributed by atoms with Crippen molar-refractivity contribution < 1.29 is 9.53 Å². The summed E-state index contributed by atoms with van der Waals surface area (Å²) in [5.41, 5.74) is 4.07. The van der Waals surface area contributed by atoms with E-state index < -0.39 is 0 Å². The van der Waals surface area contributed by atoms with Crippen molar-refractivity contribution in [2.75, 3.05) is 56.5 Å². The highest BCUT2D eigenvalue weighted by molar-refractivity contribution is 8.03. The number of aryl methyl sites for hydroxylation is 1. The molecule has 3 N–H and O–H groups in total. The second kappa shape index (κ2) is 14.3. The molecule has 1 aromatic carbocycles. The Morgan fingerprint density at radius 2 is 1.97 bits per heavy atom. The van der Waals surface area contributed by atoms with E-state index >= 15 is 0 Å². The molecule has 0 bridgehead atoms. The zero-order valence-corrected chi connectivity index (χ0v) is 24.2. The van der Waals surface area contributed by atoms with E-state index in [4.69, 9.17) is 14.7 Å². The van der Waals surface area contributed by atoms with Crippen LogP contribution in [0.4, 0.5) is 23.1 Å². The summed E-state index contributed by atoms with van der Waals surface area (Å²) in [6.45, 7) is 4.98. The molecule has 2 heterocycles. The van der Waals surface area contributed by atoms with E-state index in [1.54, 1.807) is 7.11 Å². The quantitative estimate of drug-likeness (QED) is 0.321. The number of hydrogen-bond acceptors (Lipinski definition) is 10. The number of aldehydes is 1. The molecule has 0 radical (unpaired) electrons. The van der Waals surface area contributed by atoms with Gasteiger partial charge in [0.1, 0.15) is 17.9 Å². The van der Waals surface area contributed by atoms with Gasteiger partial charge in [-0.25, -0.2) is 4.98 Å². The van der Waals surface area contributed by atoms with Gasteiger partial charge in [-0.2, -0.15) is 4.98 Å².